The van der Waals surface area contributed by atoms with Crippen LogP contribution < -0.4 is 0 Å². The molecule has 4 aromatic rings. The average Bonchev–Trinajstić information content (AvgIpc) is 3.48. The van der Waals surface area contributed by atoms with Gasteiger partial charge >= 0.3 is 7.60 Å². The summed E-state index contributed by atoms with van der Waals surface area (Å²) in [5.74, 6) is 0.693. The summed E-state index contributed by atoms with van der Waals surface area (Å²) in [7, 11) is -3.08. The van der Waals surface area contributed by atoms with Crippen molar-refractivity contribution in [2.75, 3.05) is 12.8 Å². The summed E-state index contributed by atoms with van der Waals surface area (Å²) < 4.78 is 26.1. The number of benzene rings is 3. The van der Waals surface area contributed by atoms with Crippen molar-refractivity contribution in [1.82, 2.24) is 14.8 Å². The van der Waals surface area contributed by atoms with E-state index in [4.69, 9.17) is 19.1 Å². The van der Waals surface area contributed by atoms with Crippen LogP contribution in [0.2, 0.25) is 0 Å². The molecule has 5 rings (SSSR count). The van der Waals surface area contributed by atoms with Crippen LogP contribution in [0.25, 0.3) is 0 Å². The van der Waals surface area contributed by atoms with Gasteiger partial charge in [0, 0.05) is 6.16 Å². The summed E-state index contributed by atoms with van der Waals surface area (Å²) in [5.41, 5.74) is 2.56. The predicted octanol–water partition coefficient (Wildman–Crippen LogP) is 6.24. The summed E-state index contributed by atoms with van der Waals surface area (Å²) in [4.78, 5) is 4.71. The van der Waals surface area contributed by atoms with Gasteiger partial charge in [0.2, 0.25) is 0 Å². The Bertz CT molecular complexity index is 1200. The van der Waals surface area contributed by atoms with E-state index in [0.29, 0.717) is 18.6 Å². The lowest BCUT2D eigenvalue weighted by atomic mass is 9.77. The second-order valence-corrected chi connectivity index (χ2v) is 11.0. The third kappa shape index (κ3) is 4.50. The van der Waals surface area contributed by atoms with E-state index in [9.17, 15) is 4.57 Å². The first kappa shape index (κ1) is 23.7. The van der Waals surface area contributed by atoms with Crippen LogP contribution in [-0.4, -0.2) is 33.6 Å². The van der Waals surface area contributed by atoms with Gasteiger partial charge in [-0.2, -0.15) is 5.10 Å². The lowest BCUT2D eigenvalue weighted by molar-refractivity contribution is 0.201. The third-order valence-electron chi connectivity index (χ3n) is 6.50. The van der Waals surface area contributed by atoms with Gasteiger partial charge in [-0.05, 0) is 30.0 Å². The van der Waals surface area contributed by atoms with Gasteiger partial charge in [0.05, 0.1) is 18.6 Å². The largest absolute Gasteiger partial charge is 0.330 e. The summed E-state index contributed by atoms with van der Waals surface area (Å²) >= 11 is 0. The van der Waals surface area contributed by atoms with E-state index in [1.54, 1.807) is 6.33 Å². The predicted molar refractivity (Wildman–Crippen MR) is 137 cm³/mol. The van der Waals surface area contributed by atoms with Gasteiger partial charge < -0.3 is 9.05 Å². The van der Waals surface area contributed by atoms with Crippen LogP contribution in [0.3, 0.4) is 0 Å². The Hall–Kier alpha value is -3.05. The highest BCUT2D eigenvalue weighted by Gasteiger charge is 2.48. The molecule has 0 spiro atoms. The molecule has 3 aromatic carbocycles. The zero-order chi connectivity index (χ0) is 24.3. The second-order valence-electron chi connectivity index (χ2n) is 8.69. The molecule has 0 radical (unpaired) electrons. The molecule has 0 N–H and O–H groups in total. The molecule has 7 heteroatoms. The van der Waals surface area contributed by atoms with E-state index >= 15 is 0 Å². The molecule has 180 valence electrons. The van der Waals surface area contributed by atoms with E-state index in [1.165, 1.54) is 0 Å². The maximum Gasteiger partial charge on any atom is 0.330 e. The van der Waals surface area contributed by atoms with Gasteiger partial charge in [0.15, 0.2) is 5.82 Å². The fourth-order valence-corrected chi connectivity index (χ4v) is 6.13. The Kier molecular flexibility index (Phi) is 6.70. The number of hydrogen-bond donors (Lipinski definition) is 0. The number of aromatic nitrogens is 3. The van der Waals surface area contributed by atoms with Crippen LogP contribution in [0.1, 0.15) is 48.7 Å². The van der Waals surface area contributed by atoms with Crippen LogP contribution in [0.4, 0.5) is 0 Å². The lowest BCUT2D eigenvalue weighted by Crippen LogP contribution is -2.38. The zero-order valence-corrected chi connectivity index (χ0v) is 20.9. The van der Waals surface area contributed by atoms with Crippen LogP contribution in [-0.2, 0) is 19.2 Å². The highest BCUT2D eigenvalue weighted by atomic mass is 31.2. The van der Waals surface area contributed by atoms with Crippen LogP contribution in [0.15, 0.2) is 97.3 Å². The van der Waals surface area contributed by atoms with E-state index in [-0.39, 0.29) is 12.0 Å². The standard InChI is InChI=1S/C28H30N3O3P/c1-3-33-35(32,4-2)34-26-20-25(26)27-29-21-31(30-27)28(22-14-8-5-9-15-22,23-16-10-6-11-17-23)24-18-12-7-13-19-24/h5-19,21,25-26H,3-4,20H2,1-2H3. The first-order valence-corrected chi connectivity index (χ1v) is 13.8. The molecule has 1 aromatic heterocycles. The topological polar surface area (TPSA) is 66.2 Å². The van der Waals surface area contributed by atoms with Gasteiger partial charge in [-0.15, -0.1) is 0 Å². The summed E-state index contributed by atoms with van der Waals surface area (Å²) in [5, 5.41) is 5.02. The Balaban J connectivity index is 1.58. The third-order valence-corrected chi connectivity index (χ3v) is 8.52. The monoisotopic (exact) mass is 487 g/mol. The van der Waals surface area contributed by atoms with Crippen molar-refractivity contribution in [2.24, 2.45) is 0 Å². The SMILES string of the molecule is CCOP(=O)(CC)OC1CC1c1ncn(C(c2ccccc2)(c2ccccc2)c2ccccc2)n1. The van der Waals surface area contributed by atoms with Gasteiger partial charge in [0.25, 0.3) is 0 Å². The number of rotatable bonds is 10. The Morgan fingerprint density at radius 3 is 1.86 bits per heavy atom. The minimum absolute atomic E-state index is 0.00315. The van der Waals surface area contributed by atoms with Crippen molar-refractivity contribution >= 4 is 7.60 Å². The first-order chi connectivity index (χ1) is 17.1. The summed E-state index contributed by atoms with van der Waals surface area (Å²) in [6.45, 7) is 4.02. The van der Waals surface area contributed by atoms with Crippen molar-refractivity contribution in [2.45, 2.75) is 37.8 Å². The number of nitrogens with zero attached hydrogens (tertiary/aromatic N) is 3. The molecule has 0 aliphatic heterocycles. The molecule has 1 heterocycles. The van der Waals surface area contributed by atoms with E-state index < -0.39 is 13.1 Å². The normalized spacial score (nSPS) is 19.3. The lowest BCUT2D eigenvalue weighted by Gasteiger charge is -2.35. The second kappa shape index (κ2) is 9.90. The molecule has 1 fully saturated rings. The highest BCUT2D eigenvalue weighted by molar-refractivity contribution is 7.53. The average molecular weight is 488 g/mol. The van der Waals surface area contributed by atoms with Crippen molar-refractivity contribution in [3.8, 4) is 0 Å². The molecule has 3 atom stereocenters. The minimum atomic E-state index is -3.08. The molecule has 0 saturated heterocycles. The van der Waals surface area contributed by atoms with Gasteiger partial charge in [0.1, 0.15) is 11.9 Å². The highest BCUT2D eigenvalue weighted by Crippen LogP contribution is 2.56. The zero-order valence-electron chi connectivity index (χ0n) is 20.0. The number of hydrogen-bond acceptors (Lipinski definition) is 5. The van der Waals surface area contributed by atoms with E-state index in [2.05, 4.69) is 72.8 Å². The molecule has 0 amide bonds. The van der Waals surface area contributed by atoms with Crippen molar-refractivity contribution < 1.29 is 13.6 Å². The van der Waals surface area contributed by atoms with Gasteiger partial charge in [-0.25, -0.2) is 9.67 Å². The van der Waals surface area contributed by atoms with Gasteiger partial charge in [-0.3, -0.25) is 4.57 Å². The van der Waals surface area contributed by atoms with E-state index in [0.717, 1.165) is 23.1 Å². The van der Waals surface area contributed by atoms with E-state index in [1.807, 2.05) is 36.7 Å². The smallest absolute Gasteiger partial charge is 0.309 e. The minimum Gasteiger partial charge on any atom is -0.309 e. The molecule has 1 saturated carbocycles. The fraction of sp³-hybridized carbons (Fsp3) is 0.286. The maximum absolute atomic E-state index is 12.8. The van der Waals surface area contributed by atoms with Crippen molar-refractivity contribution in [3.63, 3.8) is 0 Å². The fourth-order valence-electron chi connectivity index (χ4n) is 4.70. The van der Waals surface area contributed by atoms with Crippen molar-refractivity contribution in [1.29, 1.82) is 0 Å². The maximum atomic E-state index is 12.8. The van der Waals surface area contributed by atoms with Crippen LogP contribution >= 0.6 is 7.60 Å². The Morgan fingerprint density at radius 1 is 0.886 bits per heavy atom. The van der Waals surface area contributed by atoms with Crippen molar-refractivity contribution in [3.05, 3.63) is 120 Å². The molecule has 1 aliphatic carbocycles. The molecule has 6 nitrogen and oxygen atoms in total. The molecule has 3 unspecified atom stereocenters. The van der Waals surface area contributed by atoms with Crippen LogP contribution in [0, 0.1) is 0 Å². The molecular weight excluding hydrogens is 457 g/mol. The molecule has 1 aliphatic rings. The Labute approximate surface area is 206 Å². The summed E-state index contributed by atoms with van der Waals surface area (Å²) in [6, 6.07) is 31.1. The first-order valence-electron chi connectivity index (χ1n) is 12.1. The molecular formula is C28H30N3O3P. The quantitative estimate of drug-likeness (QED) is 0.196. The molecule has 0 bridgehead atoms. The summed E-state index contributed by atoms with van der Waals surface area (Å²) in [6.07, 6.45) is 2.70. The Morgan fingerprint density at radius 2 is 1.40 bits per heavy atom. The molecule has 35 heavy (non-hydrogen) atoms. The van der Waals surface area contributed by atoms with Crippen LogP contribution in [0.5, 0.6) is 0 Å². The van der Waals surface area contributed by atoms with Gasteiger partial charge in [-0.1, -0.05) is 97.9 Å².